The first kappa shape index (κ1) is 7.94. The molecule has 0 radical (unpaired) electrons. The zero-order valence-corrected chi connectivity index (χ0v) is 5.42. The summed E-state index contributed by atoms with van der Waals surface area (Å²) in [4.78, 5) is 10.5. The second kappa shape index (κ2) is 3.88. The van der Waals surface area contributed by atoms with Crippen LogP contribution in [-0.4, -0.2) is 24.0 Å². The second-order valence-electron chi connectivity index (χ2n) is 1.39. The third-order valence-electron chi connectivity index (χ3n) is 0.877. The van der Waals surface area contributed by atoms with Crippen LogP contribution in [0.1, 0.15) is 13.3 Å². The Morgan fingerprint density at radius 1 is 1.78 bits per heavy atom. The first-order valence-corrected chi connectivity index (χ1v) is 2.55. The Labute approximate surface area is 53.1 Å². The van der Waals surface area contributed by atoms with Gasteiger partial charge in [-0.05, 0) is 6.42 Å². The predicted molar refractivity (Wildman–Crippen MR) is 31.5 cm³/mol. The molecule has 0 aromatic heterocycles. The van der Waals surface area contributed by atoms with Gasteiger partial charge in [0.25, 0.3) is 0 Å². The lowest BCUT2D eigenvalue weighted by Crippen LogP contribution is -2.14. The van der Waals surface area contributed by atoms with Crippen molar-refractivity contribution in [3.05, 3.63) is 0 Å². The van der Waals surface area contributed by atoms with Crippen LogP contribution in [0, 0.1) is 0 Å². The van der Waals surface area contributed by atoms with Crippen molar-refractivity contribution >= 4 is 11.7 Å². The van der Waals surface area contributed by atoms with Gasteiger partial charge in [0.05, 0.1) is 7.11 Å². The summed E-state index contributed by atoms with van der Waals surface area (Å²) in [7, 11) is 1.24. The molecule has 0 aliphatic heterocycles. The van der Waals surface area contributed by atoms with Crippen molar-refractivity contribution in [3.8, 4) is 0 Å². The highest BCUT2D eigenvalue weighted by Crippen LogP contribution is 1.86. The topological polar surface area (TPSA) is 58.9 Å². The highest BCUT2D eigenvalue weighted by molar-refractivity contribution is 6.36. The number of oxime groups is 1. The zero-order valence-electron chi connectivity index (χ0n) is 5.42. The number of hydrogen-bond donors (Lipinski definition) is 1. The highest BCUT2D eigenvalue weighted by Gasteiger charge is 2.07. The molecule has 0 aromatic carbocycles. The minimum atomic E-state index is -0.583. The fourth-order valence-electron chi connectivity index (χ4n) is 0.374. The largest absolute Gasteiger partial charge is 0.464 e. The third kappa shape index (κ3) is 2.12. The number of nitrogens with zero attached hydrogens (tertiary/aromatic N) is 1. The molecule has 0 bridgehead atoms. The van der Waals surface area contributed by atoms with Crippen molar-refractivity contribution in [3.63, 3.8) is 0 Å². The van der Waals surface area contributed by atoms with Gasteiger partial charge in [-0.3, -0.25) is 0 Å². The number of esters is 1. The van der Waals surface area contributed by atoms with E-state index in [1.54, 1.807) is 6.92 Å². The average molecular weight is 131 g/mol. The molecular formula is C5H9NO3. The quantitative estimate of drug-likeness (QED) is 0.255. The van der Waals surface area contributed by atoms with Gasteiger partial charge in [-0.1, -0.05) is 12.1 Å². The normalized spacial score (nSPS) is 11.1. The van der Waals surface area contributed by atoms with Gasteiger partial charge in [0.15, 0.2) is 5.71 Å². The molecule has 0 spiro atoms. The molecule has 0 unspecified atom stereocenters. The standard InChI is InChI=1S/C5H9NO3/c1-3-4(6-8)5(7)9-2/h8H,3H2,1-2H3. The van der Waals surface area contributed by atoms with E-state index in [-0.39, 0.29) is 5.71 Å². The smallest absolute Gasteiger partial charge is 0.355 e. The summed E-state index contributed by atoms with van der Waals surface area (Å²) in [6.07, 6.45) is 0.378. The molecule has 9 heavy (non-hydrogen) atoms. The molecule has 4 heteroatoms. The summed E-state index contributed by atoms with van der Waals surface area (Å²) < 4.78 is 4.26. The van der Waals surface area contributed by atoms with Crippen LogP contribution in [0.15, 0.2) is 5.16 Å². The van der Waals surface area contributed by atoms with Gasteiger partial charge in [-0.25, -0.2) is 4.79 Å². The van der Waals surface area contributed by atoms with Gasteiger partial charge in [-0.15, -0.1) is 0 Å². The maximum Gasteiger partial charge on any atom is 0.355 e. The van der Waals surface area contributed by atoms with Crippen molar-refractivity contribution in [2.24, 2.45) is 5.16 Å². The van der Waals surface area contributed by atoms with E-state index in [1.165, 1.54) is 7.11 Å². The lowest BCUT2D eigenvalue weighted by molar-refractivity contribution is -0.133. The van der Waals surface area contributed by atoms with Crippen LogP contribution in [0.4, 0.5) is 0 Å². The molecule has 1 N–H and O–H groups in total. The van der Waals surface area contributed by atoms with Crippen LogP contribution in [0.3, 0.4) is 0 Å². The molecule has 0 saturated heterocycles. The summed E-state index contributed by atoms with van der Waals surface area (Å²) in [5, 5.41) is 10.8. The number of rotatable bonds is 2. The van der Waals surface area contributed by atoms with Crippen LogP contribution in [0.2, 0.25) is 0 Å². The van der Waals surface area contributed by atoms with Crippen molar-refractivity contribution in [2.75, 3.05) is 7.11 Å². The van der Waals surface area contributed by atoms with Crippen molar-refractivity contribution in [1.82, 2.24) is 0 Å². The first-order valence-electron chi connectivity index (χ1n) is 2.55. The number of carbonyl (C=O) groups excluding carboxylic acids is 1. The Kier molecular flexibility index (Phi) is 3.43. The molecule has 0 rings (SSSR count). The second-order valence-corrected chi connectivity index (χ2v) is 1.39. The van der Waals surface area contributed by atoms with Gasteiger partial charge in [0.1, 0.15) is 0 Å². The number of hydrogen-bond acceptors (Lipinski definition) is 4. The lowest BCUT2D eigenvalue weighted by Gasteiger charge is -1.95. The van der Waals surface area contributed by atoms with E-state index in [9.17, 15) is 4.79 Å². The summed E-state index contributed by atoms with van der Waals surface area (Å²) >= 11 is 0. The van der Waals surface area contributed by atoms with Gasteiger partial charge >= 0.3 is 5.97 Å². The van der Waals surface area contributed by atoms with E-state index in [1.807, 2.05) is 0 Å². The molecule has 0 heterocycles. The summed E-state index contributed by atoms with van der Waals surface area (Å²) in [5.41, 5.74) is 0.0394. The van der Waals surface area contributed by atoms with E-state index >= 15 is 0 Å². The number of carbonyl (C=O) groups is 1. The van der Waals surface area contributed by atoms with Gasteiger partial charge < -0.3 is 9.94 Å². The van der Waals surface area contributed by atoms with E-state index in [4.69, 9.17) is 5.21 Å². The van der Waals surface area contributed by atoms with Crippen LogP contribution in [0.5, 0.6) is 0 Å². The van der Waals surface area contributed by atoms with Crippen molar-refractivity contribution < 1.29 is 14.7 Å². The van der Waals surface area contributed by atoms with Crippen LogP contribution >= 0.6 is 0 Å². The Morgan fingerprint density at radius 2 is 2.33 bits per heavy atom. The molecule has 0 saturated carbocycles. The Morgan fingerprint density at radius 3 is 2.44 bits per heavy atom. The fourth-order valence-corrected chi connectivity index (χ4v) is 0.374. The highest BCUT2D eigenvalue weighted by atomic mass is 16.5. The Bertz CT molecular complexity index is 130. The zero-order chi connectivity index (χ0) is 7.28. The molecule has 0 aromatic rings. The minimum absolute atomic E-state index is 0.0394. The molecule has 0 fully saturated rings. The van der Waals surface area contributed by atoms with Crippen LogP contribution in [0.25, 0.3) is 0 Å². The third-order valence-corrected chi connectivity index (χ3v) is 0.877. The molecule has 52 valence electrons. The monoisotopic (exact) mass is 131 g/mol. The Balaban J connectivity index is 3.97. The maximum absolute atomic E-state index is 10.5. The van der Waals surface area contributed by atoms with Crippen molar-refractivity contribution in [1.29, 1.82) is 0 Å². The van der Waals surface area contributed by atoms with Crippen LogP contribution in [-0.2, 0) is 9.53 Å². The average Bonchev–Trinajstić information content (AvgIpc) is 1.90. The molecule has 0 aliphatic carbocycles. The number of ether oxygens (including phenoxy) is 1. The predicted octanol–water partition coefficient (Wildman–Crippen LogP) is 0.400. The minimum Gasteiger partial charge on any atom is -0.464 e. The van der Waals surface area contributed by atoms with Gasteiger partial charge in [0, 0.05) is 0 Å². The van der Waals surface area contributed by atoms with Crippen molar-refractivity contribution in [2.45, 2.75) is 13.3 Å². The Hall–Kier alpha value is -1.06. The van der Waals surface area contributed by atoms with E-state index in [0.717, 1.165) is 0 Å². The molecule has 0 aliphatic rings. The van der Waals surface area contributed by atoms with Gasteiger partial charge in [0.2, 0.25) is 0 Å². The lowest BCUT2D eigenvalue weighted by atomic mass is 10.3. The summed E-state index contributed by atoms with van der Waals surface area (Å²) in [5.74, 6) is -0.583. The molecular weight excluding hydrogens is 122 g/mol. The molecule has 0 atom stereocenters. The SMILES string of the molecule is CCC(=NO)C(=O)OC. The van der Waals surface area contributed by atoms with Crippen LogP contribution < -0.4 is 0 Å². The van der Waals surface area contributed by atoms with E-state index < -0.39 is 5.97 Å². The van der Waals surface area contributed by atoms with E-state index in [0.29, 0.717) is 6.42 Å². The number of methoxy groups -OCH3 is 1. The molecule has 0 amide bonds. The van der Waals surface area contributed by atoms with E-state index in [2.05, 4.69) is 9.89 Å². The molecule has 4 nitrogen and oxygen atoms in total. The summed E-state index contributed by atoms with van der Waals surface area (Å²) in [6.45, 7) is 1.70. The van der Waals surface area contributed by atoms with Gasteiger partial charge in [-0.2, -0.15) is 0 Å². The first-order chi connectivity index (χ1) is 4.26. The summed E-state index contributed by atoms with van der Waals surface area (Å²) in [6, 6.07) is 0. The fraction of sp³-hybridized carbons (Fsp3) is 0.600. The maximum atomic E-state index is 10.5.